The highest BCUT2D eigenvalue weighted by Crippen LogP contribution is 2.32. The molecule has 0 spiro atoms. The van der Waals surface area contributed by atoms with Crippen LogP contribution in [0.1, 0.15) is 22.9 Å². The lowest BCUT2D eigenvalue weighted by Gasteiger charge is -2.25. The van der Waals surface area contributed by atoms with Gasteiger partial charge in [-0.05, 0) is 47.5 Å². The first-order valence-corrected chi connectivity index (χ1v) is 11.3. The molecule has 0 N–H and O–H groups in total. The average Bonchev–Trinajstić information content (AvgIpc) is 3.56. The van der Waals surface area contributed by atoms with Crippen molar-refractivity contribution >= 4 is 0 Å². The van der Waals surface area contributed by atoms with Gasteiger partial charge in [-0.25, -0.2) is 9.37 Å². The van der Waals surface area contributed by atoms with E-state index in [-0.39, 0.29) is 11.9 Å². The molecule has 7 nitrogen and oxygen atoms in total. The first kappa shape index (κ1) is 21.2. The van der Waals surface area contributed by atoms with Crippen LogP contribution in [-0.2, 0) is 24.5 Å². The van der Waals surface area contributed by atoms with Crippen LogP contribution in [0.25, 0.3) is 23.0 Å². The quantitative estimate of drug-likeness (QED) is 0.323. The third kappa shape index (κ3) is 4.43. The predicted octanol–water partition coefficient (Wildman–Crippen LogP) is 5.59. The molecular formula is C27H21FN4O3. The van der Waals surface area contributed by atoms with Crippen molar-refractivity contribution in [2.45, 2.75) is 25.9 Å². The first-order chi connectivity index (χ1) is 17.2. The molecule has 0 amide bonds. The monoisotopic (exact) mass is 468 g/mol. The fraction of sp³-hybridized carbons (Fsp3) is 0.148. The molecule has 3 aromatic carbocycles. The Hall–Kier alpha value is -4.30. The average molecular weight is 468 g/mol. The molecule has 0 fully saturated rings. The minimum Gasteiger partial charge on any atom is -0.489 e. The lowest BCUT2D eigenvalue weighted by Crippen LogP contribution is -2.20. The lowest BCUT2D eigenvalue weighted by molar-refractivity contribution is 0.00326. The number of ether oxygens (including phenoxy) is 2. The van der Waals surface area contributed by atoms with Crippen LogP contribution >= 0.6 is 0 Å². The molecule has 0 saturated heterocycles. The van der Waals surface area contributed by atoms with E-state index in [2.05, 4.69) is 15.1 Å². The highest BCUT2D eigenvalue weighted by molar-refractivity contribution is 5.60. The van der Waals surface area contributed by atoms with E-state index >= 15 is 0 Å². The zero-order valence-corrected chi connectivity index (χ0v) is 18.7. The van der Waals surface area contributed by atoms with Gasteiger partial charge < -0.3 is 18.6 Å². The van der Waals surface area contributed by atoms with Crippen molar-refractivity contribution in [2.24, 2.45) is 0 Å². The summed E-state index contributed by atoms with van der Waals surface area (Å²) in [5.41, 5.74) is 4.31. The van der Waals surface area contributed by atoms with E-state index in [1.54, 1.807) is 18.5 Å². The van der Waals surface area contributed by atoms with Gasteiger partial charge in [0.2, 0.25) is 5.82 Å². The van der Waals surface area contributed by atoms with Crippen LogP contribution in [-0.4, -0.2) is 19.7 Å². The van der Waals surface area contributed by atoms with Crippen molar-refractivity contribution in [3.05, 3.63) is 108 Å². The summed E-state index contributed by atoms with van der Waals surface area (Å²) in [6.07, 6.45) is 1.57. The normalized spacial score (nSPS) is 15.1. The summed E-state index contributed by atoms with van der Waals surface area (Å²) in [5.74, 6) is 1.30. The Morgan fingerprint density at radius 1 is 0.971 bits per heavy atom. The third-order valence-electron chi connectivity index (χ3n) is 5.96. The molecule has 0 bridgehead atoms. The van der Waals surface area contributed by atoms with Gasteiger partial charge in [0.1, 0.15) is 24.3 Å². The van der Waals surface area contributed by atoms with Gasteiger partial charge in [-0.15, -0.1) is 0 Å². The summed E-state index contributed by atoms with van der Waals surface area (Å²) in [4.78, 5) is 9.04. The van der Waals surface area contributed by atoms with Crippen LogP contribution < -0.4 is 4.74 Å². The van der Waals surface area contributed by atoms with Gasteiger partial charge in [-0.3, -0.25) is 0 Å². The van der Waals surface area contributed by atoms with Crippen LogP contribution in [0.2, 0.25) is 0 Å². The van der Waals surface area contributed by atoms with Crippen molar-refractivity contribution in [3.63, 3.8) is 0 Å². The van der Waals surface area contributed by atoms with Crippen molar-refractivity contribution in [1.82, 2.24) is 19.7 Å². The summed E-state index contributed by atoms with van der Waals surface area (Å²) in [7, 11) is 0. The second-order valence-electron chi connectivity index (χ2n) is 8.27. The summed E-state index contributed by atoms with van der Waals surface area (Å²) in [6.45, 7) is 1.41. The largest absolute Gasteiger partial charge is 0.489 e. The summed E-state index contributed by atoms with van der Waals surface area (Å²) in [5, 5.41) is 4.13. The number of imidazole rings is 1. The Bertz CT molecular complexity index is 1430. The van der Waals surface area contributed by atoms with E-state index in [0.29, 0.717) is 37.2 Å². The predicted molar refractivity (Wildman–Crippen MR) is 126 cm³/mol. The van der Waals surface area contributed by atoms with E-state index in [1.807, 2.05) is 59.2 Å². The van der Waals surface area contributed by atoms with Crippen LogP contribution in [0.15, 0.2) is 89.7 Å². The fourth-order valence-electron chi connectivity index (χ4n) is 4.06. The topological polar surface area (TPSA) is 75.2 Å². The van der Waals surface area contributed by atoms with Crippen molar-refractivity contribution in [3.8, 4) is 28.7 Å². The molecule has 2 aromatic heterocycles. The Kier molecular flexibility index (Phi) is 5.56. The number of fused-ring (bicyclic) bond motifs is 1. The fourth-order valence-corrected chi connectivity index (χ4v) is 4.06. The zero-order chi connectivity index (χ0) is 23.6. The van der Waals surface area contributed by atoms with Gasteiger partial charge in [0.15, 0.2) is 5.69 Å². The summed E-state index contributed by atoms with van der Waals surface area (Å²) in [6, 6.07) is 23.9. The SMILES string of the molecule is Fc1ccc([C@H]2Cn3cnc(-c4nc(-c5ccc(OCc6ccccc6)cc5)no4)c3CO2)cc1. The molecule has 0 unspecified atom stereocenters. The maximum Gasteiger partial charge on any atom is 0.278 e. The molecule has 174 valence electrons. The van der Waals surface area contributed by atoms with Crippen LogP contribution in [0.4, 0.5) is 4.39 Å². The number of aromatic nitrogens is 4. The molecule has 35 heavy (non-hydrogen) atoms. The van der Waals surface area contributed by atoms with Gasteiger partial charge in [0, 0.05) is 5.56 Å². The molecule has 8 heteroatoms. The molecule has 0 aliphatic carbocycles. The summed E-state index contributed by atoms with van der Waals surface area (Å²) < 4.78 is 32.6. The highest BCUT2D eigenvalue weighted by atomic mass is 19.1. The molecular weight excluding hydrogens is 447 g/mol. The Balaban J connectivity index is 1.15. The molecule has 3 heterocycles. The molecule has 1 aliphatic rings. The molecule has 0 saturated carbocycles. The molecule has 5 aromatic rings. The standard InChI is InChI=1S/C27H21FN4O3/c28-21-10-6-19(7-11-21)24-14-32-17-29-25(23(32)16-34-24)27-30-26(31-35-27)20-8-12-22(13-9-20)33-15-18-4-2-1-3-5-18/h1-13,17,24H,14-16H2/t24-/m1/s1. The number of rotatable bonds is 6. The van der Waals surface area contributed by atoms with Crippen molar-refractivity contribution in [2.75, 3.05) is 0 Å². The van der Waals surface area contributed by atoms with Gasteiger partial charge in [0.25, 0.3) is 5.89 Å². The highest BCUT2D eigenvalue weighted by Gasteiger charge is 2.26. The van der Waals surface area contributed by atoms with Gasteiger partial charge in [-0.1, -0.05) is 47.6 Å². The maximum absolute atomic E-state index is 13.2. The Labute approximate surface area is 200 Å². The van der Waals surface area contributed by atoms with Gasteiger partial charge in [0.05, 0.1) is 25.2 Å². The van der Waals surface area contributed by atoms with E-state index in [0.717, 1.165) is 28.1 Å². The van der Waals surface area contributed by atoms with E-state index in [4.69, 9.17) is 14.0 Å². The van der Waals surface area contributed by atoms with Crippen molar-refractivity contribution in [1.29, 1.82) is 0 Å². The molecule has 0 radical (unpaired) electrons. The Morgan fingerprint density at radius 2 is 1.77 bits per heavy atom. The van der Waals surface area contributed by atoms with Gasteiger partial charge >= 0.3 is 0 Å². The molecule has 6 rings (SSSR count). The number of hydrogen-bond donors (Lipinski definition) is 0. The minimum atomic E-state index is -0.267. The minimum absolute atomic E-state index is 0.175. The maximum atomic E-state index is 13.2. The number of benzene rings is 3. The molecule has 1 atom stereocenters. The van der Waals surface area contributed by atoms with Gasteiger partial charge in [-0.2, -0.15) is 4.98 Å². The van der Waals surface area contributed by atoms with Crippen LogP contribution in [0.3, 0.4) is 0 Å². The summed E-state index contributed by atoms with van der Waals surface area (Å²) >= 11 is 0. The number of hydrogen-bond acceptors (Lipinski definition) is 6. The smallest absolute Gasteiger partial charge is 0.278 e. The second kappa shape index (κ2) is 9.15. The Morgan fingerprint density at radius 3 is 2.57 bits per heavy atom. The lowest BCUT2D eigenvalue weighted by atomic mass is 10.1. The van der Waals surface area contributed by atoms with Crippen LogP contribution in [0.5, 0.6) is 5.75 Å². The third-order valence-corrected chi connectivity index (χ3v) is 5.96. The van der Waals surface area contributed by atoms with E-state index < -0.39 is 0 Å². The number of nitrogens with zero attached hydrogens (tertiary/aromatic N) is 4. The molecule has 1 aliphatic heterocycles. The van der Waals surface area contributed by atoms with Crippen molar-refractivity contribution < 1.29 is 18.4 Å². The van der Waals surface area contributed by atoms with E-state index in [1.165, 1.54) is 12.1 Å². The van der Waals surface area contributed by atoms with Crippen LogP contribution in [0, 0.1) is 5.82 Å². The van der Waals surface area contributed by atoms with E-state index in [9.17, 15) is 4.39 Å². The zero-order valence-electron chi connectivity index (χ0n) is 18.7. The second-order valence-corrected chi connectivity index (χ2v) is 8.27. The first-order valence-electron chi connectivity index (χ1n) is 11.3. The number of halogens is 1.